The summed E-state index contributed by atoms with van der Waals surface area (Å²) in [6.45, 7) is 3.42. The maximum Gasteiger partial charge on any atom is 0.0841 e. The zero-order valence-corrected chi connectivity index (χ0v) is 4.53. The highest BCUT2D eigenvalue weighted by Crippen LogP contribution is 1.96. The Kier molecular flexibility index (Phi) is 1.22. The Morgan fingerprint density at radius 3 is 3.00 bits per heavy atom. The number of rotatable bonds is 1. The number of hydrogen-bond acceptors (Lipinski definition) is 2. The molecule has 2 heteroatoms. The van der Waals surface area contributed by atoms with Crippen LogP contribution in [0.4, 0.5) is 0 Å². The number of nitrogens with zero attached hydrogens (tertiary/aromatic N) is 1. The fourth-order valence-corrected chi connectivity index (χ4v) is 0.793. The predicted octanol–water partition coefficient (Wildman–Crippen LogP) is 1.48. The lowest BCUT2D eigenvalue weighted by atomic mass is 10.4. The van der Waals surface area contributed by atoms with Gasteiger partial charge in [-0.25, -0.2) is 0 Å². The number of aromatic nitrogens is 1. The van der Waals surface area contributed by atoms with Crippen molar-refractivity contribution < 1.29 is 0 Å². The van der Waals surface area contributed by atoms with Crippen LogP contribution in [0.1, 0.15) is 5.69 Å². The second kappa shape index (κ2) is 1.89. The molecule has 0 fully saturated rings. The first kappa shape index (κ1) is 4.53. The van der Waals surface area contributed by atoms with Gasteiger partial charge in [-0.05, 0) is 17.6 Å². The van der Waals surface area contributed by atoms with Crippen molar-refractivity contribution in [3.05, 3.63) is 29.8 Å². The van der Waals surface area contributed by atoms with Gasteiger partial charge in [0.2, 0.25) is 0 Å². The Labute approximate surface area is 46.5 Å². The Bertz CT molecular complexity index is 143. The smallest absolute Gasteiger partial charge is 0.0841 e. The van der Waals surface area contributed by atoms with Gasteiger partial charge in [0.25, 0.3) is 0 Å². The molecule has 0 N–H and O–H groups in total. The molecule has 0 saturated heterocycles. The van der Waals surface area contributed by atoms with Gasteiger partial charge in [0.05, 0.1) is 5.69 Å². The van der Waals surface area contributed by atoms with Gasteiger partial charge in [-0.3, -0.25) is 0 Å². The van der Waals surface area contributed by atoms with E-state index < -0.39 is 0 Å². The highest BCUT2D eigenvalue weighted by atomic mass is 32.1. The van der Waals surface area contributed by atoms with Crippen molar-refractivity contribution in [1.29, 1.82) is 0 Å². The van der Waals surface area contributed by atoms with E-state index in [0.717, 1.165) is 5.69 Å². The minimum absolute atomic E-state index is 0.838. The van der Waals surface area contributed by atoms with E-state index in [1.165, 1.54) is 11.5 Å². The molecule has 1 radical (unpaired) electrons. The zero-order chi connectivity index (χ0) is 5.11. The molecule has 0 saturated carbocycles. The molecular weight excluding hydrogens is 106 g/mol. The lowest BCUT2D eigenvalue weighted by molar-refractivity contribution is 1.44. The van der Waals surface area contributed by atoms with E-state index in [2.05, 4.69) is 17.0 Å². The lowest BCUT2D eigenvalue weighted by Crippen LogP contribution is -1.62. The fourth-order valence-electron chi connectivity index (χ4n) is 0.304. The molecule has 0 aliphatic heterocycles. The van der Waals surface area contributed by atoms with E-state index in [1.807, 2.05) is 11.4 Å². The second-order valence-electron chi connectivity index (χ2n) is 1.06. The van der Waals surface area contributed by atoms with E-state index in [-0.39, 0.29) is 0 Å². The Balaban J connectivity index is 2.96. The molecule has 0 unspecified atom stereocenters. The Hall–Kier alpha value is -0.630. The van der Waals surface area contributed by atoms with Crippen molar-refractivity contribution in [2.24, 2.45) is 0 Å². The summed E-state index contributed by atoms with van der Waals surface area (Å²) >= 11 is 1.41. The molecule has 1 heterocycles. The van der Waals surface area contributed by atoms with Gasteiger partial charge in [-0.2, -0.15) is 4.37 Å². The lowest BCUT2D eigenvalue weighted by Gasteiger charge is -1.68. The first-order valence-electron chi connectivity index (χ1n) is 1.87. The van der Waals surface area contributed by atoms with Crippen molar-refractivity contribution >= 4 is 11.5 Å². The van der Waals surface area contributed by atoms with E-state index in [0.29, 0.717) is 0 Å². The van der Waals surface area contributed by atoms with E-state index in [1.54, 1.807) is 0 Å². The minimum Gasteiger partial charge on any atom is -0.193 e. The van der Waals surface area contributed by atoms with E-state index in [4.69, 9.17) is 0 Å². The van der Waals surface area contributed by atoms with Crippen LogP contribution < -0.4 is 0 Å². The topological polar surface area (TPSA) is 12.9 Å². The molecule has 0 amide bonds. The molecule has 1 nitrogen and oxygen atoms in total. The molecule has 1 aromatic heterocycles. The van der Waals surface area contributed by atoms with E-state index in [9.17, 15) is 0 Å². The van der Waals surface area contributed by atoms with Crippen LogP contribution in [0.5, 0.6) is 0 Å². The van der Waals surface area contributed by atoms with Crippen LogP contribution in [-0.2, 0) is 0 Å². The van der Waals surface area contributed by atoms with Crippen LogP contribution in [0, 0.1) is 6.08 Å². The quantitative estimate of drug-likeness (QED) is 0.533. The SMILES string of the molecule is C=[C]c1ccsn1. The van der Waals surface area contributed by atoms with E-state index >= 15 is 0 Å². The van der Waals surface area contributed by atoms with Crippen molar-refractivity contribution in [2.45, 2.75) is 0 Å². The fraction of sp³-hybridized carbons (Fsp3) is 0. The van der Waals surface area contributed by atoms with Gasteiger partial charge in [0.1, 0.15) is 0 Å². The molecule has 1 rings (SSSR count). The summed E-state index contributed by atoms with van der Waals surface area (Å²) in [5.74, 6) is 0. The second-order valence-corrected chi connectivity index (χ2v) is 1.73. The van der Waals surface area contributed by atoms with Gasteiger partial charge in [-0.15, -0.1) is 0 Å². The maximum absolute atomic E-state index is 3.90. The predicted molar refractivity (Wildman–Crippen MR) is 30.1 cm³/mol. The van der Waals surface area contributed by atoms with Gasteiger partial charge >= 0.3 is 0 Å². The van der Waals surface area contributed by atoms with Gasteiger partial charge in [0.15, 0.2) is 0 Å². The summed E-state index contributed by atoms with van der Waals surface area (Å²) in [6, 6.07) is 1.87. The normalized spacial score (nSPS) is 8.57. The molecule has 0 spiro atoms. The molecule has 0 atom stereocenters. The molecule has 0 aliphatic rings. The van der Waals surface area contributed by atoms with Crippen LogP contribution >= 0.6 is 11.5 Å². The summed E-state index contributed by atoms with van der Waals surface area (Å²) in [7, 11) is 0. The van der Waals surface area contributed by atoms with Crippen molar-refractivity contribution in [3.8, 4) is 0 Å². The Morgan fingerprint density at radius 2 is 2.71 bits per heavy atom. The van der Waals surface area contributed by atoms with Crippen molar-refractivity contribution in [2.75, 3.05) is 0 Å². The Morgan fingerprint density at radius 1 is 1.86 bits per heavy atom. The van der Waals surface area contributed by atoms with Crippen LogP contribution in [-0.4, -0.2) is 4.37 Å². The molecule has 7 heavy (non-hydrogen) atoms. The molecule has 1 aromatic rings. The third kappa shape index (κ3) is 0.871. The van der Waals surface area contributed by atoms with Gasteiger partial charge in [-0.1, -0.05) is 6.58 Å². The van der Waals surface area contributed by atoms with Crippen LogP contribution in [0.3, 0.4) is 0 Å². The van der Waals surface area contributed by atoms with Crippen LogP contribution in [0.25, 0.3) is 0 Å². The molecule has 0 aromatic carbocycles. The molecule has 35 valence electrons. The van der Waals surface area contributed by atoms with Crippen molar-refractivity contribution in [1.82, 2.24) is 4.37 Å². The average molecular weight is 110 g/mol. The van der Waals surface area contributed by atoms with Crippen molar-refractivity contribution in [3.63, 3.8) is 0 Å². The summed E-state index contributed by atoms with van der Waals surface area (Å²) < 4.78 is 3.90. The summed E-state index contributed by atoms with van der Waals surface area (Å²) in [6.07, 6.45) is 2.66. The third-order valence-electron chi connectivity index (χ3n) is 0.619. The first-order valence-corrected chi connectivity index (χ1v) is 2.70. The first-order chi connectivity index (χ1) is 3.43. The monoisotopic (exact) mass is 110 g/mol. The van der Waals surface area contributed by atoms with Crippen LogP contribution in [0.15, 0.2) is 18.0 Å². The summed E-state index contributed by atoms with van der Waals surface area (Å²) in [5.41, 5.74) is 0.838. The van der Waals surface area contributed by atoms with Gasteiger partial charge in [0, 0.05) is 11.5 Å². The molecular formula is C5H4NS. The number of hydrogen-bond donors (Lipinski definition) is 0. The zero-order valence-electron chi connectivity index (χ0n) is 3.72. The third-order valence-corrected chi connectivity index (χ3v) is 1.18. The standard InChI is InChI=1S/C5H4NS/c1-2-5-3-4-7-6-5/h3-4H,1H2. The average Bonchev–Trinajstić information content (AvgIpc) is 2.14. The molecule has 0 bridgehead atoms. The maximum atomic E-state index is 3.90. The van der Waals surface area contributed by atoms with Gasteiger partial charge < -0.3 is 0 Å². The molecule has 0 aliphatic carbocycles. The van der Waals surface area contributed by atoms with Crippen LogP contribution in [0.2, 0.25) is 0 Å². The minimum atomic E-state index is 0.838. The highest BCUT2D eigenvalue weighted by Gasteiger charge is 1.81. The largest absolute Gasteiger partial charge is 0.193 e. The highest BCUT2D eigenvalue weighted by molar-refractivity contribution is 7.03. The summed E-state index contributed by atoms with van der Waals surface area (Å²) in [4.78, 5) is 0. The summed E-state index contributed by atoms with van der Waals surface area (Å²) in [5, 5.41) is 1.90.